The van der Waals surface area contributed by atoms with E-state index in [1.807, 2.05) is 54.6 Å². The van der Waals surface area contributed by atoms with Gasteiger partial charge in [-0.1, -0.05) is 62.1 Å². The number of amides is 2. The molecule has 1 saturated carbocycles. The Morgan fingerprint density at radius 1 is 1.05 bits per heavy atom. The average Bonchev–Trinajstić information content (AvgIpc) is 3.46. The van der Waals surface area contributed by atoms with Crippen LogP contribution in [0.25, 0.3) is 11.3 Å². The molecule has 3 aromatic rings. The number of aromatic nitrogens is 1. The number of carbonyl (C=O) groups excluding carboxylic acids is 2. The van der Waals surface area contributed by atoms with Gasteiger partial charge in [0.25, 0.3) is 5.91 Å². The number of aliphatic imine (C=N–C) groups is 1. The second kappa shape index (κ2) is 13.2. The van der Waals surface area contributed by atoms with Gasteiger partial charge in [0.2, 0.25) is 5.91 Å². The zero-order chi connectivity index (χ0) is 26.7. The standard InChI is InChI=1S/C30H34N6O2/c1-32-19-26(18-31)35-30(38)28(16-21-8-5-6-9-21)36-29(37)23-12-7-13-24(17-23)34-25-14-15-27(33-20-25)22-10-3-2-4-11-22/h2-4,7,10-15,17-21,28,34H,5-6,8-9,16,31H2,1H3,(H,35,38)(H,36,37)/b26-18+,32-19?. The Morgan fingerprint density at radius 2 is 1.84 bits per heavy atom. The number of benzene rings is 2. The average molecular weight is 511 g/mol. The van der Waals surface area contributed by atoms with E-state index < -0.39 is 6.04 Å². The summed E-state index contributed by atoms with van der Waals surface area (Å²) < 4.78 is 0. The first-order chi connectivity index (χ1) is 18.6. The number of nitrogens with zero attached hydrogens (tertiary/aromatic N) is 2. The maximum atomic E-state index is 13.2. The third-order valence-corrected chi connectivity index (χ3v) is 6.63. The third-order valence-electron chi connectivity index (χ3n) is 6.63. The van der Waals surface area contributed by atoms with Crippen molar-refractivity contribution in [2.24, 2.45) is 16.6 Å². The second-order valence-corrected chi connectivity index (χ2v) is 9.41. The van der Waals surface area contributed by atoms with Crippen LogP contribution >= 0.6 is 0 Å². The van der Waals surface area contributed by atoms with Gasteiger partial charge in [0.05, 0.1) is 23.3 Å². The maximum absolute atomic E-state index is 13.2. The van der Waals surface area contributed by atoms with Crippen LogP contribution in [0.5, 0.6) is 0 Å². The summed E-state index contributed by atoms with van der Waals surface area (Å²) >= 11 is 0. The highest BCUT2D eigenvalue weighted by Gasteiger charge is 2.27. The normalized spacial score (nSPS) is 14.8. The number of allylic oxidation sites excluding steroid dienone is 1. The third kappa shape index (κ3) is 7.29. The van der Waals surface area contributed by atoms with E-state index in [0.717, 1.165) is 48.3 Å². The number of anilines is 2. The molecule has 1 heterocycles. The minimum absolute atomic E-state index is 0.305. The van der Waals surface area contributed by atoms with Crippen LogP contribution in [0, 0.1) is 5.92 Å². The largest absolute Gasteiger partial charge is 0.403 e. The molecule has 0 spiro atoms. The van der Waals surface area contributed by atoms with Crippen LogP contribution in [0.15, 0.2) is 89.8 Å². The highest BCUT2D eigenvalue weighted by molar-refractivity contribution is 5.99. The molecule has 1 aliphatic rings. The number of nitrogens with one attached hydrogen (secondary N) is 3. The molecule has 2 amide bonds. The molecular formula is C30H34N6O2. The van der Waals surface area contributed by atoms with Gasteiger partial charge < -0.3 is 21.7 Å². The van der Waals surface area contributed by atoms with Crippen LogP contribution in [-0.4, -0.2) is 36.1 Å². The summed E-state index contributed by atoms with van der Waals surface area (Å²) in [4.78, 5) is 34.8. The molecular weight excluding hydrogens is 476 g/mol. The predicted octanol–water partition coefficient (Wildman–Crippen LogP) is 4.79. The minimum atomic E-state index is -0.683. The van der Waals surface area contributed by atoms with Crippen LogP contribution in [0.2, 0.25) is 0 Å². The molecule has 0 radical (unpaired) electrons. The molecule has 38 heavy (non-hydrogen) atoms. The lowest BCUT2D eigenvalue weighted by Crippen LogP contribution is -2.47. The molecule has 5 N–H and O–H groups in total. The molecule has 0 aliphatic heterocycles. The van der Waals surface area contributed by atoms with E-state index >= 15 is 0 Å². The first kappa shape index (κ1) is 26.6. The van der Waals surface area contributed by atoms with Gasteiger partial charge in [0, 0.05) is 36.3 Å². The Bertz CT molecular complexity index is 1280. The minimum Gasteiger partial charge on any atom is -0.403 e. The van der Waals surface area contributed by atoms with Crippen molar-refractivity contribution in [2.75, 3.05) is 12.4 Å². The molecule has 8 heteroatoms. The fourth-order valence-corrected chi connectivity index (χ4v) is 4.69. The smallest absolute Gasteiger partial charge is 0.252 e. The Kier molecular flexibility index (Phi) is 9.23. The fourth-order valence-electron chi connectivity index (χ4n) is 4.69. The molecule has 196 valence electrons. The predicted molar refractivity (Wildman–Crippen MR) is 152 cm³/mol. The number of hydrogen-bond acceptors (Lipinski definition) is 6. The number of hydrogen-bond donors (Lipinski definition) is 4. The summed E-state index contributed by atoms with van der Waals surface area (Å²) in [6, 6.07) is 20.4. The van der Waals surface area contributed by atoms with Crippen molar-refractivity contribution in [2.45, 2.75) is 38.1 Å². The van der Waals surface area contributed by atoms with Crippen LogP contribution in [0.3, 0.4) is 0 Å². The van der Waals surface area contributed by atoms with Crippen molar-refractivity contribution in [3.63, 3.8) is 0 Å². The molecule has 0 bridgehead atoms. The van der Waals surface area contributed by atoms with Crippen molar-refractivity contribution in [3.05, 3.63) is 90.4 Å². The van der Waals surface area contributed by atoms with Crippen molar-refractivity contribution in [1.82, 2.24) is 15.6 Å². The van der Waals surface area contributed by atoms with E-state index in [2.05, 4.69) is 25.9 Å². The van der Waals surface area contributed by atoms with Gasteiger partial charge in [0.1, 0.15) is 6.04 Å². The summed E-state index contributed by atoms with van der Waals surface area (Å²) in [5.41, 5.74) is 9.94. The van der Waals surface area contributed by atoms with E-state index in [0.29, 0.717) is 23.6 Å². The van der Waals surface area contributed by atoms with Gasteiger partial charge >= 0.3 is 0 Å². The quantitative estimate of drug-likeness (QED) is 0.292. The van der Waals surface area contributed by atoms with Crippen molar-refractivity contribution in [1.29, 1.82) is 0 Å². The monoisotopic (exact) mass is 510 g/mol. The van der Waals surface area contributed by atoms with Crippen LogP contribution < -0.4 is 21.7 Å². The van der Waals surface area contributed by atoms with Gasteiger partial charge in [-0.25, -0.2) is 0 Å². The van der Waals surface area contributed by atoms with Crippen LogP contribution in [0.4, 0.5) is 11.4 Å². The Labute approximate surface area is 223 Å². The topological polar surface area (TPSA) is 121 Å². The van der Waals surface area contributed by atoms with Gasteiger partial charge in [0.15, 0.2) is 0 Å². The van der Waals surface area contributed by atoms with Crippen LogP contribution in [-0.2, 0) is 4.79 Å². The first-order valence-electron chi connectivity index (χ1n) is 12.9. The summed E-state index contributed by atoms with van der Waals surface area (Å²) in [7, 11) is 1.60. The highest BCUT2D eigenvalue weighted by Crippen LogP contribution is 2.29. The molecule has 8 nitrogen and oxygen atoms in total. The molecule has 0 saturated heterocycles. The zero-order valence-electron chi connectivity index (χ0n) is 21.6. The Hall–Kier alpha value is -4.46. The summed E-state index contributed by atoms with van der Waals surface area (Å²) in [6.07, 6.45) is 9.53. The summed E-state index contributed by atoms with van der Waals surface area (Å²) in [5.74, 6) is -0.219. The number of nitrogens with two attached hydrogens (primary N) is 1. The van der Waals surface area contributed by atoms with Gasteiger partial charge in [-0.2, -0.15) is 0 Å². The van der Waals surface area contributed by atoms with E-state index in [9.17, 15) is 9.59 Å². The number of pyridine rings is 1. The van der Waals surface area contributed by atoms with E-state index in [4.69, 9.17) is 5.73 Å². The highest BCUT2D eigenvalue weighted by atomic mass is 16.2. The maximum Gasteiger partial charge on any atom is 0.252 e. The molecule has 4 rings (SSSR count). The van der Waals surface area contributed by atoms with Gasteiger partial charge in [-0.15, -0.1) is 0 Å². The zero-order valence-corrected chi connectivity index (χ0v) is 21.6. The lowest BCUT2D eigenvalue weighted by Gasteiger charge is -2.22. The van der Waals surface area contributed by atoms with Crippen molar-refractivity contribution in [3.8, 4) is 11.3 Å². The molecule has 1 aromatic heterocycles. The van der Waals surface area contributed by atoms with E-state index in [-0.39, 0.29) is 11.8 Å². The molecule has 1 unspecified atom stereocenters. The molecule has 1 fully saturated rings. The summed E-state index contributed by atoms with van der Waals surface area (Å²) in [6.45, 7) is 0. The van der Waals surface area contributed by atoms with E-state index in [1.165, 1.54) is 12.4 Å². The molecule has 1 atom stereocenters. The SMILES string of the molecule is CN=C/C(=C\N)NC(=O)C(CC1CCCC1)NC(=O)c1cccc(Nc2ccc(-c3ccccc3)nc2)c1. The molecule has 2 aromatic carbocycles. The van der Waals surface area contributed by atoms with Crippen LogP contribution in [0.1, 0.15) is 42.5 Å². The fraction of sp³-hybridized carbons (Fsp3) is 0.267. The first-order valence-corrected chi connectivity index (χ1v) is 12.9. The van der Waals surface area contributed by atoms with E-state index in [1.54, 1.807) is 25.4 Å². The molecule has 1 aliphatic carbocycles. The Morgan fingerprint density at radius 3 is 2.53 bits per heavy atom. The van der Waals surface area contributed by atoms with Crippen molar-refractivity contribution >= 4 is 29.4 Å². The second-order valence-electron chi connectivity index (χ2n) is 9.41. The van der Waals surface area contributed by atoms with Gasteiger partial charge in [-0.05, 0) is 42.7 Å². The summed E-state index contributed by atoms with van der Waals surface area (Å²) in [5, 5.41) is 9.02. The van der Waals surface area contributed by atoms with Crippen molar-refractivity contribution < 1.29 is 9.59 Å². The van der Waals surface area contributed by atoms with Gasteiger partial charge in [-0.3, -0.25) is 19.6 Å². The number of rotatable bonds is 10. The lowest BCUT2D eigenvalue weighted by atomic mass is 9.97. The number of carbonyl (C=O) groups is 2. The lowest BCUT2D eigenvalue weighted by molar-refractivity contribution is -0.122. The Balaban J connectivity index is 1.44.